The molecule has 1 aliphatic heterocycles. The van der Waals surface area contributed by atoms with Crippen molar-refractivity contribution >= 4 is 23.9 Å². The highest BCUT2D eigenvalue weighted by Crippen LogP contribution is 2.24. The highest BCUT2D eigenvalue weighted by molar-refractivity contribution is 6.09. The van der Waals surface area contributed by atoms with Gasteiger partial charge in [0.15, 0.2) is 0 Å². The second-order valence-electron chi connectivity index (χ2n) is 5.99. The highest BCUT2D eigenvalue weighted by atomic mass is 16.2. The first-order valence-corrected chi connectivity index (χ1v) is 7.41. The fourth-order valence-corrected chi connectivity index (χ4v) is 2.15. The molecular weight excluding hydrogens is 288 g/mol. The van der Waals surface area contributed by atoms with Crippen molar-refractivity contribution in [2.24, 2.45) is 5.92 Å². The number of hydrogen-bond donors (Lipinski definition) is 3. The number of amides is 6. The molecule has 0 aliphatic carbocycles. The molecule has 22 heavy (non-hydrogen) atoms. The molecule has 1 aliphatic rings. The zero-order valence-electron chi connectivity index (χ0n) is 13.5. The summed E-state index contributed by atoms with van der Waals surface area (Å²) >= 11 is 0. The van der Waals surface area contributed by atoms with Crippen LogP contribution in [0.25, 0.3) is 0 Å². The van der Waals surface area contributed by atoms with E-state index in [9.17, 15) is 19.2 Å². The van der Waals surface area contributed by atoms with E-state index in [1.807, 2.05) is 13.8 Å². The minimum atomic E-state index is -0.993. The van der Waals surface area contributed by atoms with Gasteiger partial charge >= 0.3 is 12.1 Å². The first kappa shape index (κ1) is 17.9. The predicted molar refractivity (Wildman–Crippen MR) is 79.9 cm³/mol. The number of rotatable bonds is 6. The maximum absolute atomic E-state index is 12.4. The highest BCUT2D eigenvalue weighted by Gasteiger charge is 2.47. The first-order valence-electron chi connectivity index (χ1n) is 7.41. The van der Waals surface area contributed by atoms with Gasteiger partial charge < -0.3 is 10.6 Å². The largest absolute Gasteiger partial charge is 0.338 e. The van der Waals surface area contributed by atoms with E-state index in [-0.39, 0.29) is 0 Å². The second kappa shape index (κ2) is 7.24. The summed E-state index contributed by atoms with van der Waals surface area (Å²) in [4.78, 5) is 48.1. The zero-order chi connectivity index (χ0) is 16.9. The predicted octanol–water partition coefficient (Wildman–Crippen LogP) is 0.579. The summed E-state index contributed by atoms with van der Waals surface area (Å²) in [6.45, 7) is 7.32. The van der Waals surface area contributed by atoms with Crippen molar-refractivity contribution in [2.75, 3.05) is 13.1 Å². The normalized spacial score (nSPS) is 21.0. The Morgan fingerprint density at radius 2 is 1.95 bits per heavy atom. The summed E-state index contributed by atoms with van der Waals surface area (Å²) in [6, 6.07) is -1.26. The van der Waals surface area contributed by atoms with Gasteiger partial charge in [0.2, 0.25) is 5.91 Å². The van der Waals surface area contributed by atoms with Gasteiger partial charge in [0.1, 0.15) is 12.1 Å². The average Bonchev–Trinajstić information content (AvgIpc) is 2.61. The van der Waals surface area contributed by atoms with Crippen molar-refractivity contribution < 1.29 is 19.2 Å². The van der Waals surface area contributed by atoms with Gasteiger partial charge in [-0.25, -0.2) is 9.59 Å². The molecule has 1 atom stereocenters. The number of carbonyl (C=O) groups is 4. The third kappa shape index (κ3) is 4.44. The lowest BCUT2D eigenvalue weighted by Gasteiger charge is -2.22. The Morgan fingerprint density at radius 1 is 1.32 bits per heavy atom. The molecule has 0 aromatic carbocycles. The molecule has 3 N–H and O–H groups in total. The van der Waals surface area contributed by atoms with Crippen molar-refractivity contribution in [1.82, 2.24) is 20.9 Å². The number of urea groups is 2. The maximum Gasteiger partial charge on any atom is 0.325 e. The summed E-state index contributed by atoms with van der Waals surface area (Å²) in [6.07, 6.45) is 1.28. The van der Waals surface area contributed by atoms with Crippen LogP contribution in [-0.2, 0) is 9.59 Å². The van der Waals surface area contributed by atoms with Crippen LogP contribution >= 0.6 is 0 Å². The lowest BCUT2D eigenvalue weighted by atomic mass is 9.92. The maximum atomic E-state index is 12.4. The molecule has 0 aromatic rings. The van der Waals surface area contributed by atoms with E-state index in [0.29, 0.717) is 18.9 Å². The molecule has 0 spiro atoms. The van der Waals surface area contributed by atoms with Gasteiger partial charge in [-0.2, -0.15) is 0 Å². The van der Waals surface area contributed by atoms with E-state index in [1.54, 1.807) is 13.8 Å². The smallest absolute Gasteiger partial charge is 0.325 e. The molecule has 0 bridgehead atoms. The van der Waals surface area contributed by atoms with E-state index in [1.165, 1.54) is 0 Å². The number of carbonyl (C=O) groups excluding carboxylic acids is 4. The van der Waals surface area contributed by atoms with Crippen LogP contribution in [0.3, 0.4) is 0 Å². The molecule has 8 heteroatoms. The van der Waals surface area contributed by atoms with Gasteiger partial charge in [-0.3, -0.25) is 19.8 Å². The van der Waals surface area contributed by atoms with E-state index < -0.39 is 36.0 Å². The third-order valence-electron chi connectivity index (χ3n) is 3.46. The van der Waals surface area contributed by atoms with E-state index in [2.05, 4.69) is 16.0 Å². The summed E-state index contributed by atoms with van der Waals surface area (Å²) in [5, 5.41) is 7.09. The summed E-state index contributed by atoms with van der Waals surface area (Å²) in [7, 11) is 0. The Labute approximate surface area is 130 Å². The zero-order valence-corrected chi connectivity index (χ0v) is 13.5. The number of hydrogen-bond acceptors (Lipinski definition) is 4. The Kier molecular flexibility index (Phi) is 5.90. The SMILES string of the molecule is CCNC(=O)NC(=O)CN1C(=O)NC(C)(CCC(C)C)C1=O. The van der Waals surface area contributed by atoms with Crippen molar-refractivity contribution in [1.29, 1.82) is 0 Å². The molecule has 0 saturated carbocycles. The molecule has 1 heterocycles. The minimum absolute atomic E-state index is 0.371. The number of imide groups is 2. The molecule has 0 radical (unpaired) electrons. The Hall–Kier alpha value is -2.12. The summed E-state index contributed by atoms with van der Waals surface area (Å²) in [5.74, 6) is -0.747. The van der Waals surface area contributed by atoms with Crippen LogP contribution in [0.2, 0.25) is 0 Å². The number of nitrogens with zero attached hydrogens (tertiary/aromatic N) is 1. The quantitative estimate of drug-likeness (QED) is 0.623. The molecule has 1 rings (SSSR count). The average molecular weight is 312 g/mol. The van der Waals surface area contributed by atoms with Crippen LogP contribution < -0.4 is 16.0 Å². The van der Waals surface area contributed by atoms with Gasteiger partial charge in [-0.05, 0) is 32.6 Å². The standard InChI is InChI=1S/C14H24N4O4/c1-5-15-12(21)16-10(19)8-18-11(20)14(4,17-13(18)22)7-6-9(2)3/h9H,5-8H2,1-4H3,(H,17,22)(H2,15,16,19,21). The van der Waals surface area contributed by atoms with E-state index >= 15 is 0 Å². The molecule has 124 valence electrons. The molecular formula is C14H24N4O4. The van der Waals surface area contributed by atoms with Gasteiger partial charge in [0.05, 0.1) is 0 Å². The molecule has 1 saturated heterocycles. The van der Waals surface area contributed by atoms with Crippen molar-refractivity contribution in [3.8, 4) is 0 Å². The van der Waals surface area contributed by atoms with Gasteiger partial charge in [0.25, 0.3) is 5.91 Å². The van der Waals surface area contributed by atoms with Crippen molar-refractivity contribution in [2.45, 2.75) is 46.1 Å². The van der Waals surface area contributed by atoms with Gasteiger partial charge in [0, 0.05) is 6.54 Å². The van der Waals surface area contributed by atoms with Crippen LogP contribution in [0.5, 0.6) is 0 Å². The first-order chi connectivity index (χ1) is 10.2. The van der Waals surface area contributed by atoms with Crippen molar-refractivity contribution in [3.63, 3.8) is 0 Å². The lowest BCUT2D eigenvalue weighted by molar-refractivity contribution is -0.134. The Balaban J connectivity index is 2.64. The van der Waals surface area contributed by atoms with Gasteiger partial charge in [-0.15, -0.1) is 0 Å². The van der Waals surface area contributed by atoms with Crippen LogP contribution in [-0.4, -0.2) is 47.4 Å². The number of nitrogens with one attached hydrogen (secondary N) is 3. The van der Waals surface area contributed by atoms with E-state index in [4.69, 9.17) is 0 Å². The summed E-state index contributed by atoms with van der Waals surface area (Å²) < 4.78 is 0. The molecule has 6 amide bonds. The van der Waals surface area contributed by atoms with Crippen LogP contribution in [0.1, 0.15) is 40.5 Å². The lowest BCUT2D eigenvalue weighted by Crippen LogP contribution is -2.47. The molecule has 8 nitrogen and oxygen atoms in total. The monoisotopic (exact) mass is 312 g/mol. The Bertz CT molecular complexity index is 477. The van der Waals surface area contributed by atoms with Crippen LogP contribution in [0.15, 0.2) is 0 Å². The van der Waals surface area contributed by atoms with Gasteiger partial charge in [-0.1, -0.05) is 13.8 Å². The molecule has 1 fully saturated rings. The molecule has 1 unspecified atom stereocenters. The minimum Gasteiger partial charge on any atom is -0.338 e. The van der Waals surface area contributed by atoms with Crippen LogP contribution in [0.4, 0.5) is 9.59 Å². The molecule has 0 aromatic heterocycles. The third-order valence-corrected chi connectivity index (χ3v) is 3.46. The topological polar surface area (TPSA) is 108 Å². The second-order valence-corrected chi connectivity index (χ2v) is 5.99. The fourth-order valence-electron chi connectivity index (χ4n) is 2.15. The fraction of sp³-hybridized carbons (Fsp3) is 0.714. The Morgan fingerprint density at radius 3 is 2.50 bits per heavy atom. The van der Waals surface area contributed by atoms with Crippen LogP contribution in [0, 0.1) is 5.92 Å². The van der Waals surface area contributed by atoms with Crippen molar-refractivity contribution in [3.05, 3.63) is 0 Å². The summed E-state index contributed by atoms with van der Waals surface area (Å²) in [5.41, 5.74) is -0.993. The van der Waals surface area contributed by atoms with E-state index in [0.717, 1.165) is 11.3 Å².